The Bertz CT molecular complexity index is 714. The zero-order valence-electron chi connectivity index (χ0n) is 16.3. The van der Waals surface area contributed by atoms with Gasteiger partial charge >= 0.3 is 0 Å². The summed E-state index contributed by atoms with van der Waals surface area (Å²) in [7, 11) is 1.94. The highest BCUT2D eigenvalue weighted by atomic mass is 16.3. The molecule has 0 bridgehead atoms. The van der Waals surface area contributed by atoms with Crippen molar-refractivity contribution in [1.29, 1.82) is 0 Å². The van der Waals surface area contributed by atoms with Gasteiger partial charge in [0.2, 0.25) is 0 Å². The quantitative estimate of drug-likeness (QED) is 0.877. The molecule has 6 heteroatoms. The second-order valence-corrected chi connectivity index (χ2v) is 8.24. The predicted octanol–water partition coefficient (Wildman–Crippen LogP) is 3.20. The Morgan fingerprint density at radius 3 is 2.37 bits per heavy atom. The molecule has 27 heavy (non-hydrogen) atoms. The van der Waals surface area contributed by atoms with Crippen molar-refractivity contribution in [3.05, 3.63) is 42.0 Å². The summed E-state index contributed by atoms with van der Waals surface area (Å²) in [5.74, 6) is 2.67. The predicted molar refractivity (Wildman–Crippen MR) is 104 cm³/mol. The van der Waals surface area contributed by atoms with Gasteiger partial charge in [0.05, 0.1) is 0 Å². The average molecular weight is 370 g/mol. The highest BCUT2D eigenvalue weighted by Crippen LogP contribution is 2.31. The van der Waals surface area contributed by atoms with Gasteiger partial charge in [0.25, 0.3) is 0 Å². The van der Waals surface area contributed by atoms with Crippen LogP contribution >= 0.6 is 0 Å². The van der Waals surface area contributed by atoms with Crippen molar-refractivity contribution < 1.29 is 5.11 Å². The van der Waals surface area contributed by atoms with E-state index in [2.05, 4.69) is 19.9 Å². The molecular formula is C21H31N5O. The number of aliphatic hydroxyl groups is 1. The maximum atomic E-state index is 10.6. The molecule has 0 aromatic carbocycles. The van der Waals surface area contributed by atoms with Gasteiger partial charge in [0.15, 0.2) is 0 Å². The van der Waals surface area contributed by atoms with Crippen molar-refractivity contribution >= 4 is 0 Å². The first kappa shape index (κ1) is 18.6. The highest BCUT2D eigenvalue weighted by Gasteiger charge is 2.28. The van der Waals surface area contributed by atoms with Crippen LogP contribution in [0.5, 0.6) is 0 Å². The van der Waals surface area contributed by atoms with Crippen LogP contribution in [0.1, 0.15) is 74.2 Å². The second-order valence-electron chi connectivity index (χ2n) is 8.24. The Kier molecular flexibility index (Phi) is 5.83. The molecule has 0 radical (unpaired) electrons. The lowest BCUT2D eigenvalue weighted by molar-refractivity contribution is 0.0491. The van der Waals surface area contributed by atoms with Gasteiger partial charge in [-0.25, -0.2) is 15.0 Å². The number of aromatic nitrogens is 4. The first-order valence-corrected chi connectivity index (χ1v) is 10.4. The summed E-state index contributed by atoms with van der Waals surface area (Å²) in [6.45, 7) is 2.89. The van der Waals surface area contributed by atoms with E-state index < -0.39 is 6.10 Å². The molecule has 1 saturated heterocycles. The number of imidazole rings is 1. The number of rotatable bonds is 5. The minimum atomic E-state index is -0.467. The lowest BCUT2D eigenvalue weighted by Gasteiger charge is -2.34. The van der Waals surface area contributed by atoms with Gasteiger partial charge in [-0.2, -0.15) is 0 Å². The molecule has 6 nitrogen and oxygen atoms in total. The summed E-state index contributed by atoms with van der Waals surface area (Å²) < 4.78 is 1.92. The summed E-state index contributed by atoms with van der Waals surface area (Å²) in [4.78, 5) is 16.1. The van der Waals surface area contributed by atoms with Gasteiger partial charge in [-0.15, -0.1) is 0 Å². The van der Waals surface area contributed by atoms with Crippen molar-refractivity contribution in [3.8, 4) is 0 Å². The SMILES string of the molecule is Cn1ccnc1[C@H](O)C1CCN(Cc2cnc(C3CCCCC3)nc2)CC1. The van der Waals surface area contributed by atoms with Crippen molar-refractivity contribution in [3.63, 3.8) is 0 Å². The van der Waals surface area contributed by atoms with Crippen molar-refractivity contribution in [2.45, 2.75) is 63.5 Å². The zero-order chi connectivity index (χ0) is 18.6. The largest absolute Gasteiger partial charge is 0.385 e. The molecule has 0 unspecified atom stereocenters. The Hall–Kier alpha value is -1.79. The zero-order valence-corrected chi connectivity index (χ0v) is 16.3. The fraction of sp³-hybridized carbons (Fsp3) is 0.667. The first-order chi connectivity index (χ1) is 13.2. The van der Waals surface area contributed by atoms with Gasteiger partial charge in [-0.3, -0.25) is 4.90 Å². The molecule has 2 fully saturated rings. The Morgan fingerprint density at radius 2 is 1.74 bits per heavy atom. The third kappa shape index (κ3) is 4.38. The summed E-state index contributed by atoms with van der Waals surface area (Å²) in [5.41, 5.74) is 1.19. The molecule has 4 rings (SSSR count). The summed E-state index contributed by atoms with van der Waals surface area (Å²) >= 11 is 0. The number of hydrogen-bond donors (Lipinski definition) is 1. The van der Waals surface area contributed by atoms with E-state index in [0.717, 1.165) is 44.1 Å². The summed E-state index contributed by atoms with van der Waals surface area (Å²) in [5, 5.41) is 10.6. The molecule has 2 aliphatic rings. The molecule has 146 valence electrons. The molecule has 0 spiro atoms. The fourth-order valence-electron chi connectivity index (χ4n) is 4.58. The number of aliphatic hydroxyl groups excluding tert-OH is 1. The van der Waals surface area contributed by atoms with Crippen molar-refractivity contribution in [2.75, 3.05) is 13.1 Å². The maximum Gasteiger partial charge on any atom is 0.137 e. The fourth-order valence-corrected chi connectivity index (χ4v) is 4.58. The van der Waals surface area contributed by atoms with E-state index in [0.29, 0.717) is 5.92 Å². The molecule has 1 N–H and O–H groups in total. The Morgan fingerprint density at radius 1 is 1.04 bits per heavy atom. The van der Waals surface area contributed by atoms with Gasteiger partial charge in [0, 0.05) is 49.9 Å². The second kappa shape index (κ2) is 8.48. The van der Waals surface area contributed by atoms with E-state index in [9.17, 15) is 5.11 Å². The van der Waals surface area contributed by atoms with Crippen LogP contribution in [0.25, 0.3) is 0 Å². The highest BCUT2D eigenvalue weighted by molar-refractivity contribution is 5.08. The maximum absolute atomic E-state index is 10.6. The Balaban J connectivity index is 1.28. The van der Waals surface area contributed by atoms with Gasteiger partial charge in [-0.1, -0.05) is 19.3 Å². The molecular weight excluding hydrogens is 338 g/mol. The van der Waals surface area contributed by atoms with Crippen LogP contribution in [0.15, 0.2) is 24.8 Å². The smallest absolute Gasteiger partial charge is 0.137 e. The van der Waals surface area contributed by atoms with Gasteiger partial charge in [0.1, 0.15) is 17.8 Å². The number of piperidine rings is 1. The summed E-state index contributed by atoms with van der Waals surface area (Å²) in [6, 6.07) is 0. The topological polar surface area (TPSA) is 67.1 Å². The van der Waals surface area contributed by atoms with Gasteiger partial charge < -0.3 is 9.67 Å². The lowest BCUT2D eigenvalue weighted by atomic mass is 9.88. The van der Waals surface area contributed by atoms with Crippen LogP contribution < -0.4 is 0 Å². The van der Waals surface area contributed by atoms with Crippen molar-refractivity contribution in [2.24, 2.45) is 13.0 Å². The molecule has 1 aliphatic heterocycles. The van der Waals surface area contributed by atoms with Crippen LogP contribution in [-0.4, -0.2) is 42.6 Å². The van der Waals surface area contributed by atoms with Crippen molar-refractivity contribution in [1.82, 2.24) is 24.4 Å². The van der Waals surface area contributed by atoms with E-state index in [-0.39, 0.29) is 5.92 Å². The van der Waals surface area contributed by atoms with E-state index in [1.165, 1.54) is 37.7 Å². The average Bonchev–Trinajstić information content (AvgIpc) is 3.15. The number of nitrogens with zero attached hydrogens (tertiary/aromatic N) is 5. The van der Waals surface area contributed by atoms with Crippen LogP contribution in [0.2, 0.25) is 0 Å². The van der Waals surface area contributed by atoms with Gasteiger partial charge in [-0.05, 0) is 44.7 Å². The molecule has 1 atom stereocenters. The molecule has 1 saturated carbocycles. The molecule has 2 aromatic rings. The normalized spacial score (nSPS) is 21.4. The number of aryl methyl sites for hydroxylation is 1. The molecule has 0 amide bonds. The monoisotopic (exact) mass is 369 g/mol. The standard InChI is InChI=1S/C21H31N5O/c1-25-12-9-22-21(25)19(27)17-7-10-26(11-8-17)15-16-13-23-20(24-14-16)18-5-3-2-4-6-18/h9,12-14,17-19,27H,2-8,10-11,15H2,1H3/t19-/m1/s1. The minimum Gasteiger partial charge on any atom is -0.385 e. The van der Waals surface area contributed by atoms with Crippen LogP contribution in [0.3, 0.4) is 0 Å². The molecule has 3 heterocycles. The minimum absolute atomic E-state index is 0.285. The number of likely N-dealkylation sites (tertiary alicyclic amines) is 1. The molecule has 1 aliphatic carbocycles. The third-order valence-corrected chi connectivity index (χ3v) is 6.30. The number of hydrogen-bond acceptors (Lipinski definition) is 5. The Labute approximate surface area is 161 Å². The van der Waals surface area contributed by atoms with Crippen LogP contribution in [-0.2, 0) is 13.6 Å². The van der Waals surface area contributed by atoms with E-state index in [1.807, 2.05) is 30.2 Å². The van der Waals surface area contributed by atoms with E-state index >= 15 is 0 Å². The summed E-state index contributed by atoms with van der Waals surface area (Å²) in [6.07, 6.45) is 15.7. The van der Waals surface area contributed by atoms with Crippen LogP contribution in [0, 0.1) is 5.92 Å². The third-order valence-electron chi connectivity index (χ3n) is 6.30. The first-order valence-electron chi connectivity index (χ1n) is 10.4. The van der Waals surface area contributed by atoms with E-state index in [4.69, 9.17) is 0 Å². The molecule has 2 aromatic heterocycles. The lowest BCUT2D eigenvalue weighted by Crippen LogP contribution is -2.35. The van der Waals surface area contributed by atoms with E-state index in [1.54, 1.807) is 6.20 Å². The van der Waals surface area contributed by atoms with Crippen LogP contribution in [0.4, 0.5) is 0 Å².